The summed E-state index contributed by atoms with van der Waals surface area (Å²) in [6.45, 7) is 6.15. The number of likely N-dealkylation sites (tertiary alicyclic amines) is 1. The van der Waals surface area contributed by atoms with Gasteiger partial charge < -0.3 is 19.5 Å². The van der Waals surface area contributed by atoms with Gasteiger partial charge in [0.2, 0.25) is 0 Å². The summed E-state index contributed by atoms with van der Waals surface area (Å²) in [6.07, 6.45) is 0.707. The molecule has 1 amide bonds. The number of halogens is 1. The molecular weight excluding hydrogens is 456 g/mol. The molecule has 180 valence electrons. The van der Waals surface area contributed by atoms with Gasteiger partial charge in [-0.2, -0.15) is 0 Å². The Labute approximate surface area is 204 Å². The number of aliphatic hydroxyl groups excluding tert-OH is 1. The van der Waals surface area contributed by atoms with Crippen LogP contribution in [0.5, 0.6) is 5.75 Å². The highest BCUT2D eigenvalue weighted by Gasteiger charge is 2.46. The van der Waals surface area contributed by atoms with Crippen LogP contribution in [0.25, 0.3) is 5.76 Å². The number of nitrogens with zero attached hydrogens (tertiary/aromatic N) is 2. The molecule has 0 aromatic heterocycles. The Morgan fingerprint density at radius 2 is 1.82 bits per heavy atom. The number of Topliss-reactive ketones (excluding diaryl/α,β-unsaturated/α-hetero) is 1. The summed E-state index contributed by atoms with van der Waals surface area (Å²) >= 11 is 6.09. The predicted octanol–water partition coefficient (Wildman–Crippen LogP) is 3.80. The van der Waals surface area contributed by atoms with Crippen molar-refractivity contribution < 1.29 is 24.2 Å². The van der Waals surface area contributed by atoms with Gasteiger partial charge in [0.25, 0.3) is 11.7 Å². The van der Waals surface area contributed by atoms with Gasteiger partial charge in [-0.15, -0.1) is 0 Å². The maximum Gasteiger partial charge on any atom is 0.295 e. The van der Waals surface area contributed by atoms with Gasteiger partial charge in [-0.1, -0.05) is 23.7 Å². The number of carbonyl (C=O) groups is 2. The number of ketones is 1. The van der Waals surface area contributed by atoms with Crippen LogP contribution >= 0.6 is 11.6 Å². The Morgan fingerprint density at radius 3 is 2.47 bits per heavy atom. The lowest BCUT2D eigenvalue weighted by Crippen LogP contribution is -2.38. The highest BCUT2D eigenvalue weighted by atomic mass is 35.5. The van der Waals surface area contributed by atoms with Crippen molar-refractivity contribution in [3.8, 4) is 5.75 Å². The molecule has 2 aromatic carbocycles. The number of morpholine rings is 1. The largest absolute Gasteiger partial charge is 0.507 e. The number of rotatable bonds is 7. The fourth-order valence-corrected chi connectivity index (χ4v) is 4.69. The second-order valence-electron chi connectivity index (χ2n) is 8.53. The fourth-order valence-electron chi connectivity index (χ4n) is 4.57. The molecular formula is C26H29ClN2O5. The summed E-state index contributed by atoms with van der Waals surface area (Å²) in [5.74, 6) is -0.824. The van der Waals surface area contributed by atoms with E-state index < -0.39 is 17.7 Å². The molecule has 1 atom stereocenters. The van der Waals surface area contributed by atoms with Crippen LogP contribution in [0.1, 0.15) is 29.2 Å². The van der Waals surface area contributed by atoms with E-state index in [1.165, 1.54) is 0 Å². The molecule has 0 bridgehead atoms. The lowest BCUT2D eigenvalue weighted by atomic mass is 9.94. The lowest BCUT2D eigenvalue weighted by molar-refractivity contribution is -0.140. The minimum absolute atomic E-state index is 0.0898. The van der Waals surface area contributed by atoms with Crippen LogP contribution in [0.4, 0.5) is 0 Å². The molecule has 0 unspecified atom stereocenters. The van der Waals surface area contributed by atoms with Gasteiger partial charge in [-0.3, -0.25) is 14.5 Å². The van der Waals surface area contributed by atoms with Crippen molar-refractivity contribution in [2.45, 2.75) is 19.4 Å². The normalized spacial score (nSPS) is 20.7. The third-order valence-corrected chi connectivity index (χ3v) is 6.64. The lowest BCUT2D eigenvalue weighted by Gasteiger charge is -2.29. The van der Waals surface area contributed by atoms with Crippen molar-refractivity contribution >= 4 is 29.1 Å². The molecule has 7 nitrogen and oxygen atoms in total. The number of benzene rings is 2. The van der Waals surface area contributed by atoms with E-state index >= 15 is 0 Å². The first-order valence-corrected chi connectivity index (χ1v) is 11.8. The Balaban J connectivity index is 1.69. The maximum atomic E-state index is 13.2. The third-order valence-electron chi connectivity index (χ3n) is 6.39. The number of methoxy groups -OCH3 is 1. The van der Waals surface area contributed by atoms with E-state index in [1.807, 2.05) is 6.92 Å². The van der Waals surface area contributed by atoms with Gasteiger partial charge in [-0.05, 0) is 54.8 Å². The van der Waals surface area contributed by atoms with Crippen LogP contribution in [0.2, 0.25) is 5.02 Å². The van der Waals surface area contributed by atoms with Crippen LogP contribution in [0, 0.1) is 6.92 Å². The Kier molecular flexibility index (Phi) is 7.56. The first-order chi connectivity index (χ1) is 16.4. The Hall–Kier alpha value is -2.87. The standard InChI is InChI=1S/C26H29ClN2O5/c1-17-16-20(33-2)8-9-21(17)24(30)22-23(18-4-6-19(27)7-5-18)29(26(32)25(22)31)11-3-10-28-12-14-34-15-13-28/h4-9,16,23,30H,3,10-15H2,1-2H3/t23-/m1/s1. The topological polar surface area (TPSA) is 79.3 Å². The molecule has 1 N–H and O–H groups in total. The van der Waals surface area contributed by atoms with Crippen molar-refractivity contribution in [1.29, 1.82) is 0 Å². The van der Waals surface area contributed by atoms with Gasteiger partial charge >= 0.3 is 0 Å². The van der Waals surface area contributed by atoms with Crippen molar-refractivity contribution in [3.05, 3.63) is 69.8 Å². The van der Waals surface area contributed by atoms with E-state index in [9.17, 15) is 14.7 Å². The fraction of sp³-hybridized carbons (Fsp3) is 0.385. The monoisotopic (exact) mass is 484 g/mol. The molecule has 2 fully saturated rings. The molecule has 2 saturated heterocycles. The molecule has 2 aliphatic heterocycles. The van der Waals surface area contributed by atoms with Gasteiger partial charge in [-0.25, -0.2) is 0 Å². The second kappa shape index (κ2) is 10.6. The summed E-state index contributed by atoms with van der Waals surface area (Å²) in [5.41, 5.74) is 2.05. The summed E-state index contributed by atoms with van der Waals surface area (Å²) in [5, 5.41) is 11.8. The molecule has 0 spiro atoms. The quantitative estimate of drug-likeness (QED) is 0.366. The molecule has 2 aromatic rings. The zero-order chi connectivity index (χ0) is 24.2. The maximum absolute atomic E-state index is 13.2. The van der Waals surface area contributed by atoms with E-state index in [-0.39, 0.29) is 11.3 Å². The van der Waals surface area contributed by atoms with Crippen molar-refractivity contribution in [2.24, 2.45) is 0 Å². The average molecular weight is 485 g/mol. The van der Waals surface area contributed by atoms with Crippen LogP contribution in [0.3, 0.4) is 0 Å². The Morgan fingerprint density at radius 1 is 1.12 bits per heavy atom. The first kappa shape index (κ1) is 24.3. The predicted molar refractivity (Wildman–Crippen MR) is 130 cm³/mol. The highest BCUT2D eigenvalue weighted by molar-refractivity contribution is 6.46. The Bertz CT molecular complexity index is 1090. The number of aryl methyl sites for hydroxylation is 1. The number of ether oxygens (including phenoxy) is 2. The zero-order valence-electron chi connectivity index (χ0n) is 19.4. The summed E-state index contributed by atoms with van der Waals surface area (Å²) in [7, 11) is 1.57. The molecule has 2 aliphatic rings. The number of hydrogen-bond donors (Lipinski definition) is 1. The average Bonchev–Trinajstić information content (AvgIpc) is 3.09. The van der Waals surface area contributed by atoms with Gasteiger partial charge in [0.1, 0.15) is 11.5 Å². The van der Waals surface area contributed by atoms with Crippen LogP contribution < -0.4 is 4.74 Å². The molecule has 8 heteroatoms. The minimum Gasteiger partial charge on any atom is -0.507 e. The van der Waals surface area contributed by atoms with E-state index in [1.54, 1.807) is 54.5 Å². The van der Waals surface area contributed by atoms with Crippen molar-refractivity contribution in [2.75, 3.05) is 46.5 Å². The van der Waals surface area contributed by atoms with Gasteiger partial charge in [0.15, 0.2) is 0 Å². The number of carbonyl (C=O) groups excluding carboxylic acids is 2. The summed E-state index contributed by atoms with van der Waals surface area (Å²) in [4.78, 5) is 30.2. The van der Waals surface area contributed by atoms with Crippen LogP contribution in [-0.2, 0) is 14.3 Å². The summed E-state index contributed by atoms with van der Waals surface area (Å²) < 4.78 is 10.7. The summed E-state index contributed by atoms with van der Waals surface area (Å²) in [6, 6.07) is 11.6. The molecule has 2 heterocycles. The van der Waals surface area contributed by atoms with E-state index in [2.05, 4.69) is 4.90 Å². The van der Waals surface area contributed by atoms with Crippen LogP contribution in [0.15, 0.2) is 48.0 Å². The van der Waals surface area contributed by atoms with E-state index in [0.29, 0.717) is 42.5 Å². The zero-order valence-corrected chi connectivity index (χ0v) is 20.2. The van der Waals surface area contributed by atoms with E-state index in [0.717, 1.165) is 30.8 Å². The number of amides is 1. The highest BCUT2D eigenvalue weighted by Crippen LogP contribution is 2.40. The van der Waals surface area contributed by atoms with Crippen LogP contribution in [-0.4, -0.2) is 73.1 Å². The van der Waals surface area contributed by atoms with Gasteiger partial charge in [0, 0.05) is 36.8 Å². The molecule has 0 aliphatic carbocycles. The van der Waals surface area contributed by atoms with Crippen molar-refractivity contribution in [1.82, 2.24) is 9.80 Å². The number of hydrogen-bond acceptors (Lipinski definition) is 6. The van der Waals surface area contributed by atoms with Crippen molar-refractivity contribution in [3.63, 3.8) is 0 Å². The molecule has 4 rings (SSSR count). The minimum atomic E-state index is -0.691. The number of aliphatic hydroxyl groups is 1. The second-order valence-corrected chi connectivity index (χ2v) is 8.97. The molecule has 0 saturated carbocycles. The van der Waals surface area contributed by atoms with Gasteiger partial charge in [0.05, 0.1) is 31.9 Å². The van der Waals surface area contributed by atoms with E-state index in [4.69, 9.17) is 21.1 Å². The molecule has 0 radical (unpaired) electrons. The SMILES string of the molecule is COc1ccc(C(O)=C2C(=O)C(=O)N(CCCN3CCOCC3)[C@@H]2c2ccc(Cl)cc2)c(C)c1. The molecule has 34 heavy (non-hydrogen) atoms. The third kappa shape index (κ3) is 4.97. The smallest absolute Gasteiger partial charge is 0.295 e. The first-order valence-electron chi connectivity index (χ1n) is 11.4.